The Morgan fingerprint density at radius 1 is 1.38 bits per heavy atom. The fraction of sp³-hybridized carbons (Fsp3) is 0.474. The summed E-state index contributed by atoms with van der Waals surface area (Å²) in [5, 5.41) is 5.62. The Labute approximate surface area is 152 Å². The number of amides is 2. The second kappa shape index (κ2) is 7.35. The molecule has 140 valence electrons. The molecule has 2 heterocycles. The summed E-state index contributed by atoms with van der Waals surface area (Å²) in [6, 6.07) is 4.09. The van der Waals surface area contributed by atoms with E-state index in [-0.39, 0.29) is 29.8 Å². The molecule has 26 heavy (non-hydrogen) atoms. The SMILES string of the molecule is CC(C)(C)c1cnc(CNC(=O)NC2CCCOc3c(F)cccc32)o1. The van der Waals surface area contributed by atoms with E-state index in [4.69, 9.17) is 9.15 Å². The summed E-state index contributed by atoms with van der Waals surface area (Å²) in [5.41, 5.74) is 0.519. The van der Waals surface area contributed by atoms with Crippen molar-refractivity contribution in [2.45, 2.75) is 51.6 Å². The summed E-state index contributed by atoms with van der Waals surface area (Å²) in [6.07, 6.45) is 3.08. The maximum Gasteiger partial charge on any atom is 0.315 e. The van der Waals surface area contributed by atoms with Gasteiger partial charge in [-0.2, -0.15) is 0 Å². The normalized spacial score (nSPS) is 17.0. The minimum absolute atomic E-state index is 0.137. The average Bonchev–Trinajstić information content (AvgIpc) is 2.97. The number of aromatic nitrogens is 1. The molecule has 1 atom stereocenters. The summed E-state index contributed by atoms with van der Waals surface area (Å²) in [5.74, 6) is 1.02. The molecule has 0 aliphatic carbocycles. The Morgan fingerprint density at radius 2 is 2.19 bits per heavy atom. The number of hydrogen-bond acceptors (Lipinski definition) is 4. The lowest BCUT2D eigenvalue weighted by atomic mass is 9.94. The largest absolute Gasteiger partial charge is 0.490 e. The van der Waals surface area contributed by atoms with Crippen LogP contribution in [-0.2, 0) is 12.0 Å². The first-order chi connectivity index (χ1) is 12.3. The molecule has 1 unspecified atom stereocenters. The van der Waals surface area contributed by atoms with E-state index >= 15 is 0 Å². The van der Waals surface area contributed by atoms with Crippen molar-refractivity contribution in [2.24, 2.45) is 0 Å². The Balaban J connectivity index is 1.62. The highest BCUT2D eigenvalue weighted by molar-refractivity contribution is 5.74. The van der Waals surface area contributed by atoms with Crippen LogP contribution >= 0.6 is 0 Å². The van der Waals surface area contributed by atoms with Gasteiger partial charge in [0.05, 0.1) is 25.4 Å². The summed E-state index contributed by atoms with van der Waals surface area (Å²) >= 11 is 0. The van der Waals surface area contributed by atoms with Crippen molar-refractivity contribution in [3.8, 4) is 5.75 Å². The van der Waals surface area contributed by atoms with Crippen molar-refractivity contribution in [2.75, 3.05) is 6.61 Å². The van der Waals surface area contributed by atoms with Crippen LogP contribution in [0.3, 0.4) is 0 Å². The lowest BCUT2D eigenvalue weighted by Gasteiger charge is -2.18. The molecule has 2 N–H and O–H groups in total. The van der Waals surface area contributed by atoms with Gasteiger partial charge in [-0.05, 0) is 18.9 Å². The second-order valence-corrected chi connectivity index (χ2v) is 7.40. The molecule has 0 saturated heterocycles. The fourth-order valence-electron chi connectivity index (χ4n) is 2.82. The molecule has 1 aromatic heterocycles. The summed E-state index contributed by atoms with van der Waals surface area (Å²) < 4.78 is 25.1. The monoisotopic (exact) mass is 361 g/mol. The van der Waals surface area contributed by atoms with Gasteiger partial charge in [0.2, 0.25) is 5.89 Å². The zero-order valence-electron chi connectivity index (χ0n) is 15.3. The van der Waals surface area contributed by atoms with E-state index < -0.39 is 5.82 Å². The fourth-order valence-corrected chi connectivity index (χ4v) is 2.82. The number of rotatable bonds is 3. The third-order valence-electron chi connectivity index (χ3n) is 4.25. The summed E-state index contributed by atoms with van der Waals surface area (Å²) in [7, 11) is 0. The first-order valence-electron chi connectivity index (χ1n) is 8.75. The molecule has 1 aliphatic rings. The van der Waals surface area contributed by atoms with E-state index in [2.05, 4.69) is 15.6 Å². The standard InChI is InChI=1S/C19H24FN3O3/c1-19(2,3)15-10-21-16(26-15)11-22-18(24)23-14-8-5-9-25-17-12(14)6-4-7-13(17)20/h4,6-7,10,14H,5,8-9,11H2,1-3H3,(H2,22,23,24). The third-order valence-corrected chi connectivity index (χ3v) is 4.25. The zero-order chi connectivity index (χ0) is 18.7. The zero-order valence-corrected chi connectivity index (χ0v) is 15.3. The van der Waals surface area contributed by atoms with Crippen molar-refractivity contribution in [3.63, 3.8) is 0 Å². The van der Waals surface area contributed by atoms with Crippen LogP contribution in [0.2, 0.25) is 0 Å². The number of nitrogens with one attached hydrogen (secondary N) is 2. The minimum Gasteiger partial charge on any atom is -0.490 e. The Morgan fingerprint density at radius 3 is 2.92 bits per heavy atom. The smallest absolute Gasteiger partial charge is 0.315 e. The molecule has 3 rings (SSSR count). The van der Waals surface area contributed by atoms with E-state index in [1.807, 2.05) is 20.8 Å². The van der Waals surface area contributed by atoms with Crippen LogP contribution in [0.4, 0.5) is 9.18 Å². The van der Waals surface area contributed by atoms with Crippen molar-refractivity contribution in [1.82, 2.24) is 15.6 Å². The first-order valence-corrected chi connectivity index (χ1v) is 8.75. The molecular formula is C19H24FN3O3. The summed E-state index contributed by atoms with van der Waals surface area (Å²) in [6.45, 7) is 6.70. The van der Waals surface area contributed by atoms with E-state index in [1.54, 1.807) is 18.3 Å². The Bertz CT molecular complexity index is 783. The van der Waals surface area contributed by atoms with Gasteiger partial charge in [-0.1, -0.05) is 32.9 Å². The number of oxazole rings is 1. The number of benzene rings is 1. The van der Waals surface area contributed by atoms with Gasteiger partial charge in [-0.3, -0.25) is 0 Å². The van der Waals surface area contributed by atoms with Crippen LogP contribution in [0.5, 0.6) is 5.75 Å². The van der Waals surface area contributed by atoms with Crippen molar-refractivity contribution < 1.29 is 18.3 Å². The lowest BCUT2D eigenvalue weighted by molar-refractivity contribution is 0.234. The van der Waals surface area contributed by atoms with Gasteiger partial charge in [-0.25, -0.2) is 14.2 Å². The lowest BCUT2D eigenvalue weighted by Crippen LogP contribution is -2.37. The molecule has 0 bridgehead atoms. The molecule has 2 amide bonds. The number of para-hydroxylation sites is 1. The van der Waals surface area contributed by atoms with Gasteiger partial charge in [0.25, 0.3) is 0 Å². The quantitative estimate of drug-likeness (QED) is 0.871. The van der Waals surface area contributed by atoms with E-state index in [1.165, 1.54) is 6.07 Å². The number of fused-ring (bicyclic) bond motifs is 1. The minimum atomic E-state index is -0.411. The van der Waals surface area contributed by atoms with Crippen LogP contribution in [0.1, 0.15) is 56.9 Å². The molecule has 7 heteroatoms. The van der Waals surface area contributed by atoms with Gasteiger partial charge in [-0.15, -0.1) is 0 Å². The van der Waals surface area contributed by atoms with Crippen LogP contribution < -0.4 is 15.4 Å². The number of urea groups is 1. The van der Waals surface area contributed by atoms with Crippen LogP contribution in [0, 0.1) is 5.82 Å². The van der Waals surface area contributed by atoms with E-state index in [9.17, 15) is 9.18 Å². The predicted octanol–water partition coefficient (Wildman–Crippen LogP) is 3.82. The van der Waals surface area contributed by atoms with Crippen molar-refractivity contribution >= 4 is 6.03 Å². The number of carbonyl (C=O) groups is 1. The highest BCUT2D eigenvalue weighted by Gasteiger charge is 2.24. The molecule has 6 nitrogen and oxygen atoms in total. The number of carbonyl (C=O) groups excluding carboxylic acids is 1. The maximum atomic E-state index is 14.0. The molecular weight excluding hydrogens is 337 g/mol. The molecule has 2 aromatic rings. The highest BCUT2D eigenvalue weighted by atomic mass is 19.1. The van der Waals surface area contributed by atoms with Gasteiger partial charge in [0.1, 0.15) is 5.76 Å². The van der Waals surface area contributed by atoms with Crippen LogP contribution in [-0.4, -0.2) is 17.6 Å². The van der Waals surface area contributed by atoms with E-state index in [0.29, 0.717) is 24.5 Å². The second-order valence-electron chi connectivity index (χ2n) is 7.40. The number of hydrogen-bond donors (Lipinski definition) is 2. The number of halogens is 1. The van der Waals surface area contributed by atoms with Gasteiger partial charge in [0, 0.05) is 11.0 Å². The van der Waals surface area contributed by atoms with Crippen molar-refractivity contribution in [3.05, 3.63) is 47.4 Å². The third kappa shape index (κ3) is 4.15. The predicted molar refractivity (Wildman–Crippen MR) is 94.4 cm³/mol. The van der Waals surface area contributed by atoms with E-state index in [0.717, 1.165) is 12.2 Å². The Hall–Kier alpha value is -2.57. The molecule has 0 spiro atoms. The van der Waals surface area contributed by atoms with Crippen LogP contribution in [0.15, 0.2) is 28.8 Å². The van der Waals surface area contributed by atoms with Crippen molar-refractivity contribution in [1.29, 1.82) is 0 Å². The first kappa shape index (κ1) is 18.2. The molecule has 0 fully saturated rings. The maximum absolute atomic E-state index is 14.0. The molecule has 1 aliphatic heterocycles. The van der Waals surface area contributed by atoms with Gasteiger partial charge >= 0.3 is 6.03 Å². The van der Waals surface area contributed by atoms with Gasteiger partial charge < -0.3 is 19.8 Å². The average molecular weight is 361 g/mol. The van der Waals surface area contributed by atoms with Crippen LogP contribution in [0.25, 0.3) is 0 Å². The molecule has 0 saturated carbocycles. The Kier molecular flexibility index (Phi) is 5.15. The number of nitrogens with zero attached hydrogens (tertiary/aromatic N) is 1. The number of ether oxygens (including phenoxy) is 1. The summed E-state index contributed by atoms with van der Waals surface area (Å²) in [4.78, 5) is 16.5. The molecule has 0 radical (unpaired) electrons. The molecule has 1 aromatic carbocycles. The highest BCUT2D eigenvalue weighted by Crippen LogP contribution is 2.33. The van der Waals surface area contributed by atoms with Gasteiger partial charge in [0.15, 0.2) is 11.6 Å². The topological polar surface area (TPSA) is 76.4 Å².